The molecular weight excluding hydrogens is 375 g/mol. The summed E-state index contributed by atoms with van der Waals surface area (Å²) >= 11 is -0.342. The Labute approximate surface area is 152 Å². The molecule has 3 aromatic rings. The van der Waals surface area contributed by atoms with Gasteiger partial charge in [-0.25, -0.2) is 0 Å². The molecule has 3 rings (SSSR count). The van der Waals surface area contributed by atoms with Gasteiger partial charge in [-0.1, -0.05) is 0 Å². The van der Waals surface area contributed by atoms with E-state index in [1.165, 1.54) is 6.92 Å². The second kappa shape index (κ2) is 7.74. The number of nitrogens with zero attached hydrogens (tertiary/aromatic N) is 3. The van der Waals surface area contributed by atoms with Crippen LogP contribution in [-0.2, 0) is 4.79 Å². The fourth-order valence-corrected chi connectivity index (χ4v) is 3.92. The first-order valence-corrected chi connectivity index (χ1v) is 9.45. The van der Waals surface area contributed by atoms with Gasteiger partial charge >= 0.3 is 152 Å². The second-order valence-electron chi connectivity index (χ2n) is 5.27. The molecule has 0 atom stereocenters. The zero-order valence-electron chi connectivity index (χ0n) is 13.5. The van der Waals surface area contributed by atoms with Crippen molar-refractivity contribution in [1.82, 2.24) is 9.97 Å². The first-order chi connectivity index (χ1) is 12.1. The van der Waals surface area contributed by atoms with Crippen LogP contribution in [0, 0.1) is 11.3 Å². The van der Waals surface area contributed by atoms with Gasteiger partial charge in [0.05, 0.1) is 0 Å². The Bertz CT molecular complexity index is 931. The van der Waals surface area contributed by atoms with Crippen molar-refractivity contribution in [2.24, 2.45) is 0 Å². The van der Waals surface area contributed by atoms with Crippen LogP contribution in [0.2, 0.25) is 0 Å². The minimum atomic E-state index is -0.342. The normalized spacial score (nSPS) is 10.6. The molecule has 1 N–H and O–H groups in total. The van der Waals surface area contributed by atoms with Crippen LogP contribution in [0.3, 0.4) is 0 Å². The minimum absolute atomic E-state index is 0.0939. The van der Waals surface area contributed by atoms with Crippen molar-refractivity contribution in [1.29, 1.82) is 5.26 Å². The second-order valence-corrected chi connectivity index (χ2v) is 7.66. The van der Waals surface area contributed by atoms with E-state index in [1.54, 1.807) is 6.20 Å². The van der Waals surface area contributed by atoms with Gasteiger partial charge in [0.2, 0.25) is 0 Å². The summed E-state index contributed by atoms with van der Waals surface area (Å²) in [5.74, 6) is -0.0939. The summed E-state index contributed by atoms with van der Waals surface area (Å²) < 4.78 is 1.96. The van der Waals surface area contributed by atoms with Crippen LogP contribution in [0.15, 0.2) is 60.8 Å². The number of anilines is 1. The van der Waals surface area contributed by atoms with Gasteiger partial charge in [-0.2, -0.15) is 0 Å². The van der Waals surface area contributed by atoms with E-state index in [2.05, 4.69) is 21.4 Å². The molecule has 0 saturated heterocycles. The van der Waals surface area contributed by atoms with Gasteiger partial charge in [-0.3, -0.25) is 0 Å². The predicted octanol–water partition coefficient (Wildman–Crippen LogP) is 1.63. The van der Waals surface area contributed by atoms with Gasteiger partial charge in [0.25, 0.3) is 0 Å². The first-order valence-electron chi connectivity index (χ1n) is 7.57. The summed E-state index contributed by atoms with van der Waals surface area (Å²) in [7, 11) is 0. The van der Waals surface area contributed by atoms with Crippen molar-refractivity contribution in [2.75, 3.05) is 5.32 Å². The maximum atomic E-state index is 11.1. The summed E-state index contributed by atoms with van der Waals surface area (Å²) in [4.78, 5) is 20.1. The van der Waals surface area contributed by atoms with Crippen molar-refractivity contribution in [3.63, 3.8) is 0 Å². The molecule has 0 fully saturated rings. The molecule has 0 unspecified atom stereocenters. The van der Waals surface area contributed by atoms with Crippen molar-refractivity contribution in [3.8, 4) is 17.3 Å². The van der Waals surface area contributed by atoms with Crippen LogP contribution >= 0.6 is 0 Å². The van der Waals surface area contributed by atoms with Gasteiger partial charge in [0.1, 0.15) is 0 Å². The van der Waals surface area contributed by atoms with Crippen molar-refractivity contribution in [2.45, 2.75) is 6.92 Å². The van der Waals surface area contributed by atoms with Crippen LogP contribution in [0.25, 0.3) is 11.3 Å². The van der Waals surface area contributed by atoms with E-state index in [0.29, 0.717) is 5.56 Å². The third-order valence-electron chi connectivity index (χ3n) is 3.37. The molecule has 2 aromatic carbocycles. The number of carbonyl (C=O) groups is 1. The van der Waals surface area contributed by atoms with E-state index in [9.17, 15) is 4.79 Å². The fraction of sp³-hybridized carbons (Fsp3) is 0.0526. The number of amides is 1. The van der Waals surface area contributed by atoms with E-state index in [4.69, 9.17) is 5.26 Å². The third-order valence-corrected chi connectivity index (χ3v) is 5.41. The van der Waals surface area contributed by atoms with Gasteiger partial charge in [-0.15, -0.1) is 0 Å². The Morgan fingerprint density at radius 3 is 2.44 bits per heavy atom. The Hall–Kier alpha value is -2.96. The number of nitrogens with one attached hydrogen (secondary N) is 1. The number of rotatable bonds is 4. The van der Waals surface area contributed by atoms with Crippen molar-refractivity contribution in [3.05, 3.63) is 66.4 Å². The maximum absolute atomic E-state index is 11.1. The van der Waals surface area contributed by atoms with Gasteiger partial charge in [0, 0.05) is 0 Å². The molecule has 25 heavy (non-hydrogen) atoms. The number of hydrogen-bond acceptors (Lipinski definition) is 4. The van der Waals surface area contributed by atoms with E-state index in [1.807, 2.05) is 54.6 Å². The van der Waals surface area contributed by atoms with E-state index in [0.717, 1.165) is 25.9 Å². The average Bonchev–Trinajstić information content (AvgIpc) is 2.63. The molecule has 121 valence electrons. The standard InChI is InChI=1S/C19H14AsN4O/c1-13(25)23-17-8-4-15(5-9-17)18-10-11-22-19(24-18)20-16-6-2-14(12-21)3-7-16/h2-11H,1H3,(H,23,25). The summed E-state index contributed by atoms with van der Waals surface area (Å²) in [6, 6.07) is 19.1. The zero-order chi connectivity index (χ0) is 17.6. The fourth-order valence-electron chi connectivity index (χ4n) is 2.22. The van der Waals surface area contributed by atoms with E-state index < -0.39 is 0 Å². The van der Waals surface area contributed by atoms with E-state index >= 15 is 0 Å². The molecule has 0 saturated carbocycles. The number of aromatic nitrogens is 2. The summed E-state index contributed by atoms with van der Waals surface area (Å²) in [5.41, 5.74) is 3.23. The zero-order valence-corrected chi connectivity index (χ0v) is 15.3. The van der Waals surface area contributed by atoms with Crippen LogP contribution < -0.4 is 14.3 Å². The molecule has 0 spiro atoms. The van der Waals surface area contributed by atoms with Crippen LogP contribution in [0.4, 0.5) is 5.69 Å². The first kappa shape index (κ1) is 16.9. The quantitative estimate of drug-likeness (QED) is 0.688. The number of hydrogen-bond donors (Lipinski definition) is 1. The van der Waals surface area contributed by atoms with E-state index in [-0.39, 0.29) is 21.7 Å². The Morgan fingerprint density at radius 2 is 1.80 bits per heavy atom. The third kappa shape index (κ3) is 4.53. The molecule has 0 aliphatic rings. The SMILES string of the molecule is CC(=O)Nc1ccc(-c2ccnc([As]c3ccc(C#N)cc3)n2)cc1. The summed E-state index contributed by atoms with van der Waals surface area (Å²) in [6.45, 7) is 1.48. The predicted molar refractivity (Wildman–Crippen MR) is 98.0 cm³/mol. The Morgan fingerprint density at radius 1 is 1.08 bits per heavy atom. The summed E-state index contributed by atoms with van der Waals surface area (Å²) in [6.07, 6.45) is 1.76. The van der Waals surface area contributed by atoms with Crippen molar-refractivity contribution >= 4 is 36.3 Å². The van der Waals surface area contributed by atoms with Gasteiger partial charge in [0.15, 0.2) is 0 Å². The van der Waals surface area contributed by atoms with Crippen LogP contribution in [-0.4, -0.2) is 31.6 Å². The van der Waals surface area contributed by atoms with Crippen LogP contribution in [0.1, 0.15) is 12.5 Å². The topological polar surface area (TPSA) is 78.7 Å². The molecule has 1 heterocycles. The number of benzene rings is 2. The molecule has 1 aromatic heterocycles. The number of carbonyl (C=O) groups excluding carboxylic acids is 1. The van der Waals surface area contributed by atoms with Gasteiger partial charge in [-0.05, 0) is 0 Å². The average molecular weight is 389 g/mol. The molecule has 1 radical (unpaired) electrons. The Balaban J connectivity index is 1.78. The molecule has 0 aliphatic heterocycles. The van der Waals surface area contributed by atoms with Crippen LogP contribution in [0.5, 0.6) is 0 Å². The summed E-state index contributed by atoms with van der Waals surface area (Å²) in [5, 5.41) is 11.6. The van der Waals surface area contributed by atoms with Crippen molar-refractivity contribution < 1.29 is 4.79 Å². The molecule has 0 bridgehead atoms. The molecule has 0 aliphatic carbocycles. The van der Waals surface area contributed by atoms with Gasteiger partial charge < -0.3 is 0 Å². The number of nitriles is 1. The molecule has 5 nitrogen and oxygen atoms in total. The molecule has 1 amide bonds. The molecular formula is C19H14AsN4O. The monoisotopic (exact) mass is 389 g/mol. The Kier molecular flexibility index (Phi) is 5.23. The molecule has 6 heteroatoms.